The maximum absolute atomic E-state index is 5.78. The van der Waals surface area contributed by atoms with Gasteiger partial charge in [0.25, 0.3) is 0 Å². The SMILES string of the molecule is CC(NCC1COC(C)(C)O1)c1ccc2c(c1)OCO2. The van der Waals surface area contributed by atoms with Crippen LogP contribution < -0.4 is 14.8 Å². The Morgan fingerprint density at radius 2 is 2.10 bits per heavy atom. The maximum Gasteiger partial charge on any atom is 0.231 e. The van der Waals surface area contributed by atoms with Crippen LogP contribution in [0.3, 0.4) is 0 Å². The Morgan fingerprint density at radius 3 is 2.85 bits per heavy atom. The van der Waals surface area contributed by atoms with Gasteiger partial charge in [-0.25, -0.2) is 0 Å². The third kappa shape index (κ3) is 2.90. The van der Waals surface area contributed by atoms with Gasteiger partial charge in [0.2, 0.25) is 6.79 Å². The van der Waals surface area contributed by atoms with Crippen LogP contribution in [0.2, 0.25) is 0 Å². The molecule has 2 heterocycles. The Hall–Kier alpha value is -1.30. The molecule has 0 saturated carbocycles. The van der Waals surface area contributed by atoms with E-state index in [1.807, 2.05) is 26.0 Å². The summed E-state index contributed by atoms with van der Waals surface area (Å²) in [4.78, 5) is 0. The van der Waals surface area contributed by atoms with Gasteiger partial charge in [-0.1, -0.05) is 6.07 Å². The lowest BCUT2D eigenvalue weighted by Crippen LogP contribution is -2.32. The van der Waals surface area contributed by atoms with Gasteiger partial charge < -0.3 is 24.3 Å². The summed E-state index contributed by atoms with van der Waals surface area (Å²) < 4.78 is 22.1. The van der Waals surface area contributed by atoms with Crippen molar-refractivity contribution in [2.24, 2.45) is 0 Å². The molecule has 2 aliphatic rings. The highest BCUT2D eigenvalue weighted by molar-refractivity contribution is 5.45. The average Bonchev–Trinajstić information content (AvgIpc) is 3.01. The second kappa shape index (κ2) is 5.24. The molecule has 2 aliphatic heterocycles. The zero-order valence-corrected chi connectivity index (χ0v) is 12.1. The van der Waals surface area contributed by atoms with Crippen molar-refractivity contribution < 1.29 is 18.9 Å². The van der Waals surface area contributed by atoms with Gasteiger partial charge in [-0.05, 0) is 38.5 Å². The highest BCUT2D eigenvalue weighted by Crippen LogP contribution is 2.34. The van der Waals surface area contributed by atoms with E-state index in [4.69, 9.17) is 18.9 Å². The second-order valence-electron chi connectivity index (χ2n) is 5.69. The number of hydrogen-bond donors (Lipinski definition) is 1. The molecule has 0 amide bonds. The molecule has 20 heavy (non-hydrogen) atoms. The number of nitrogens with one attached hydrogen (secondary N) is 1. The van der Waals surface area contributed by atoms with Crippen molar-refractivity contribution in [3.05, 3.63) is 23.8 Å². The Morgan fingerprint density at radius 1 is 1.30 bits per heavy atom. The Bertz CT molecular complexity index is 489. The average molecular weight is 279 g/mol. The van der Waals surface area contributed by atoms with Crippen molar-refractivity contribution in [2.45, 2.75) is 38.7 Å². The third-order valence-electron chi connectivity index (χ3n) is 3.62. The van der Waals surface area contributed by atoms with Crippen LogP contribution in [0.4, 0.5) is 0 Å². The number of benzene rings is 1. The van der Waals surface area contributed by atoms with E-state index in [9.17, 15) is 0 Å². The van der Waals surface area contributed by atoms with Crippen molar-refractivity contribution in [1.82, 2.24) is 5.32 Å². The summed E-state index contributed by atoms with van der Waals surface area (Å²) >= 11 is 0. The molecular weight excluding hydrogens is 258 g/mol. The zero-order chi connectivity index (χ0) is 14.2. The van der Waals surface area contributed by atoms with Crippen LogP contribution in [0.5, 0.6) is 11.5 Å². The van der Waals surface area contributed by atoms with Gasteiger partial charge >= 0.3 is 0 Å². The van der Waals surface area contributed by atoms with E-state index in [1.165, 1.54) is 5.56 Å². The third-order valence-corrected chi connectivity index (χ3v) is 3.62. The summed E-state index contributed by atoms with van der Waals surface area (Å²) in [5, 5.41) is 3.47. The fourth-order valence-electron chi connectivity index (χ4n) is 2.47. The first-order valence-electron chi connectivity index (χ1n) is 6.98. The Kier molecular flexibility index (Phi) is 3.58. The van der Waals surface area contributed by atoms with Gasteiger partial charge in [-0.2, -0.15) is 0 Å². The fraction of sp³-hybridized carbons (Fsp3) is 0.600. The summed E-state index contributed by atoms with van der Waals surface area (Å²) in [7, 11) is 0. The molecule has 1 saturated heterocycles. The van der Waals surface area contributed by atoms with Crippen molar-refractivity contribution in [2.75, 3.05) is 19.9 Å². The van der Waals surface area contributed by atoms with Gasteiger partial charge in [0.1, 0.15) is 0 Å². The summed E-state index contributed by atoms with van der Waals surface area (Å²) in [6.07, 6.45) is 0.0986. The fourth-order valence-corrected chi connectivity index (χ4v) is 2.47. The van der Waals surface area contributed by atoms with E-state index in [1.54, 1.807) is 0 Å². The van der Waals surface area contributed by atoms with Gasteiger partial charge in [0, 0.05) is 12.6 Å². The Balaban J connectivity index is 1.56. The van der Waals surface area contributed by atoms with E-state index >= 15 is 0 Å². The standard InChI is InChI=1S/C15H21NO4/c1-10(16-7-12-8-19-15(2,3)20-12)11-4-5-13-14(6-11)18-9-17-13/h4-6,10,12,16H,7-9H2,1-3H3. The predicted molar refractivity (Wildman–Crippen MR) is 73.9 cm³/mol. The molecule has 0 aromatic heterocycles. The Labute approximate surface area is 119 Å². The van der Waals surface area contributed by atoms with Crippen LogP contribution in [-0.4, -0.2) is 31.8 Å². The summed E-state index contributed by atoms with van der Waals surface area (Å²) in [6.45, 7) is 7.71. The lowest BCUT2D eigenvalue weighted by molar-refractivity contribution is -0.137. The van der Waals surface area contributed by atoms with E-state index < -0.39 is 5.79 Å². The highest BCUT2D eigenvalue weighted by atomic mass is 16.7. The van der Waals surface area contributed by atoms with Crippen LogP contribution >= 0.6 is 0 Å². The molecule has 2 atom stereocenters. The van der Waals surface area contributed by atoms with Crippen molar-refractivity contribution in [1.29, 1.82) is 0 Å². The van der Waals surface area contributed by atoms with Gasteiger partial charge in [0.05, 0.1) is 12.7 Å². The van der Waals surface area contributed by atoms with Crippen LogP contribution in [0, 0.1) is 0 Å². The molecule has 1 aromatic carbocycles. The lowest BCUT2D eigenvalue weighted by Gasteiger charge is -2.19. The van der Waals surface area contributed by atoms with Gasteiger partial charge in [-0.3, -0.25) is 0 Å². The normalized spacial score (nSPS) is 24.9. The first kappa shape index (κ1) is 13.7. The smallest absolute Gasteiger partial charge is 0.231 e. The van der Waals surface area contributed by atoms with Crippen molar-refractivity contribution in [3.8, 4) is 11.5 Å². The quantitative estimate of drug-likeness (QED) is 0.915. The van der Waals surface area contributed by atoms with Crippen molar-refractivity contribution >= 4 is 0 Å². The van der Waals surface area contributed by atoms with Crippen LogP contribution in [0.15, 0.2) is 18.2 Å². The molecule has 2 unspecified atom stereocenters. The number of fused-ring (bicyclic) bond motifs is 1. The molecule has 110 valence electrons. The van der Waals surface area contributed by atoms with Gasteiger partial charge in [0.15, 0.2) is 17.3 Å². The molecule has 0 radical (unpaired) electrons. The first-order chi connectivity index (χ1) is 9.53. The molecule has 1 N–H and O–H groups in total. The van der Waals surface area contributed by atoms with E-state index in [-0.39, 0.29) is 12.1 Å². The summed E-state index contributed by atoms with van der Waals surface area (Å²) in [5.74, 6) is 1.17. The highest BCUT2D eigenvalue weighted by Gasteiger charge is 2.32. The number of ether oxygens (including phenoxy) is 4. The summed E-state index contributed by atoms with van der Waals surface area (Å²) in [5.41, 5.74) is 1.17. The minimum absolute atomic E-state index is 0.0986. The molecule has 1 aromatic rings. The summed E-state index contributed by atoms with van der Waals surface area (Å²) in [6, 6.07) is 6.25. The lowest BCUT2D eigenvalue weighted by atomic mass is 10.1. The molecule has 1 fully saturated rings. The topological polar surface area (TPSA) is 49.0 Å². The molecule has 3 rings (SSSR count). The minimum atomic E-state index is -0.464. The zero-order valence-electron chi connectivity index (χ0n) is 12.1. The first-order valence-corrected chi connectivity index (χ1v) is 6.98. The molecule has 0 aliphatic carbocycles. The molecule has 0 bridgehead atoms. The largest absolute Gasteiger partial charge is 0.454 e. The van der Waals surface area contributed by atoms with E-state index in [0.717, 1.165) is 18.0 Å². The van der Waals surface area contributed by atoms with E-state index in [2.05, 4.69) is 18.3 Å². The van der Waals surface area contributed by atoms with Gasteiger partial charge in [-0.15, -0.1) is 0 Å². The van der Waals surface area contributed by atoms with Crippen LogP contribution in [0.25, 0.3) is 0 Å². The predicted octanol–water partition coefficient (Wildman–Crippen LogP) is 2.22. The minimum Gasteiger partial charge on any atom is -0.454 e. The van der Waals surface area contributed by atoms with Crippen LogP contribution in [-0.2, 0) is 9.47 Å². The molecular formula is C15H21NO4. The monoisotopic (exact) mass is 279 g/mol. The molecule has 5 heteroatoms. The molecule has 0 spiro atoms. The molecule has 5 nitrogen and oxygen atoms in total. The van der Waals surface area contributed by atoms with Crippen LogP contribution in [0.1, 0.15) is 32.4 Å². The number of hydrogen-bond acceptors (Lipinski definition) is 5. The van der Waals surface area contributed by atoms with Crippen molar-refractivity contribution in [3.63, 3.8) is 0 Å². The second-order valence-corrected chi connectivity index (χ2v) is 5.69. The maximum atomic E-state index is 5.78. The number of rotatable bonds is 4. The van der Waals surface area contributed by atoms with E-state index in [0.29, 0.717) is 13.4 Å².